The third-order valence-electron chi connectivity index (χ3n) is 5.48. The predicted molar refractivity (Wildman–Crippen MR) is 117 cm³/mol. The van der Waals surface area contributed by atoms with Crippen LogP contribution in [0, 0.1) is 29.0 Å². The van der Waals surface area contributed by atoms with Gasteiger partial charge in [0.25, 0.3) is 0 Å². The van der Waals surface area contributed by atoms with Gasteiger partial charge in [-0.3, -0.25) is 4.79 Å². The monoisotopic (exact) mass is 464 g/mol. The number of hydrogen-bond acceptors (Lipinski definition) is 6. The highest BCUT2D eigenvalue weighted by atomic mass is 35.5. The highest BCUT2D eigenvalue weighted by Crippen LogP contribution is 2.25. The first-order chi connectivity index (χ1) is 15.9. The maximum atomic E-state index is 13.6. The van der Waals surface area contributed by atoms with Gasteiger partial charge in [-0.05, 0) is 40.3 Å². The van der Waals surface area contributed by atoms with Crippen LogP contribution in [0.3, 0.4) is 0 Å². The lowest BCUT2D eigenvalue weighted by atomic mass is 9.91. The second kappa shape index (κ2) is 9.37. The van der Waals surface area contributed by atoms with Crippen LogP contribution in [-0.2, 0) is 11.2 Å². The van der Waals surface area contributed by atoms with E-state index in [4.69, 9.17) is 16.9 Å². The van der Waals surface area contributed by atoms with Crippen molar-refractivity contribution in [2.75, 3.05) is 13.1 Å². The molecule has 8 nitrogen and oxygen atoms in total. The molecule has 0 bridgehead atoms. The second-order valence-corrected chi connectivity index (χ2v) is 8.03. The molecule has 1 aliphatic rings. The minimum absolute atomic E-state index is 0.0413. The molecule has 0 aliphatic carbocycles. The summed E-state index contributed by atoms with van der Waals surface area (Å²) < 4.78 is 15.1. The van der Waals surface area contributed by atoms with Gasteiger partial charge in [-0.15, -0.1) is 5.10 Å². The lowest BCUT2D eigenvalue weighted by molar-refractivity contribution is -0.133. The zero-order chi connectivity index (χ0) is 23.4. The molecule has 166 valence electrons. The molecule has 1 amide bonds. The van der Waals surface area contributed by atoms with Crippen LogP contribution < -0.4 is 0 Å². The fraction of sp³-hybridized carbons (Fsp3) is 0.261. The van der Waals surface area contributed by atoms with E-state index in [9.17, 15) is 14.3 Å². The van der Waals surface area contributed by atoms with E-state index in [2.05, 4.69) is 27.4 Å². The van der Waals surface area contributed by atoms with E-state index in [-0.39, 0.29) is 41.3 Å². The largest absolute Gasteiger partial charge is 0.377 e. The third-order valence-corrected chi connectivity index (χ3v) is 5.87. The van der Waals surface area contributed by atoms with Crippen molar-refractivity contribution >= 4 is 17.5 Å². The number of nitrogens with zero attached hydrogens (tertiary/aromatic N) is 6. The van der Waals surface area contributed by atoms with E-state index >= 15 is 0 Å². The Morgan fingerprint density at radius 2 is 1.94 bits per heavy atom. The van der Waals surface area contributed by atoms with Gasteiger partial charge in [0.05, 0.1) is 17.1 Å². The van der Waals surface area contributed by atoms with Crippen LogP contribution >= 0.6 is 11.6 Å². The molecule has 1 aromatic heterocycles. The topological polar surface area (TPSA) is 108 Å². The molecule has 0 unspecified atom stereocenters. The number of halogens is 2. The van der Waals surface area contributed by atoms with Gasteiger partial charge in [-0.25, -0.2) is 9.07 Å². The van der Waals surface area contributed by atoms with Crippen LogP contribution in [0.4, 0.5) is 4.39 Å². The van der Waals surface area contributed by atoms with E-state index < -0.39 is 11.4 Å². The normalized spacial score (nSPS) is 14.8. The summed E-state index contributed by atoms with van der Waals surface area (Å²) in [4.78, 5) is 14.4. The van der Waals surface area contributed by atoms with Crippen molar-refractivity contribution in [2.24, 2.45) is 0 Å². The van der Waals surface area contributed by atoms with Crippen molar-refractivity contribution in [1.29, 1.82) is 5.26 Å². The molecule has 1 N–H and O–H groups in total. The Hall–Kier alpha value is -3.79. The number of rotatable bonds is 3. The zero-order valence-electron chi connectivity index (χ0n) is 17.4. The average molecular weight is 465 g/mol. The fourth-order valence-electron chi connectivity index (χ4n) is 3.52. The molecule has 1 fully saturated rings. The number of likely N-dealkylation sites (tertiary alicyclic amines) is 1. The van der Waals surface area contributed by atoms with Gasteiger partial charge in [-0.2, -0.15) is 5.26 Å². The molecule has 10 heteroatoms. The molecule has 0 spiro atoms. The molecule has 3 aromatic rings. The predicted octanol–water partition coefficient (Wildman–Crippen LogP) is 2.27. The molecule has 0 radical (unpaired) electrons. The minimum Gasteiger partial charge on any atom is -0.377 e. The van der Waals surface area contributed by atoms with Crippen LogP contribution in [0.25, 0.3) is 5.69 Å². The van der Waals surface area contributed by atoms with E-state index in [1.165, 1.54) is 17.1 Å². The Labute approximate surface area is 194 Å². The first kappa shape index (κ1) is 22.4. The number of amides is 1. The van der Waals surface area contributed by atoms with Gasteiger partial charge < -0.3 is 10.0 Å². The summed E-state index contributed by atoms with van der Waals surface area (Å²) in [6, 6.07) is 11.6. The van der Waals surface area contributed by atoms with Gasteiger partial charge in [-0.1, -0.05) is 35.6 Å². The molecular formula is C23H18ClFN6O2. The fourth-order valence-corrected chi connectivity index (χ4v) is 3.76. The molecular weight excluding hydrogens is 447 g/mol. The molecule has 4 rings (SSSR count). The number of nitriles is 1. The Morgan fingerprint density at radius 3 is 2.58 bits per heavy atom. The smallest absolute Gasteiger partial charge is 0.226 e. The molecule has 0 saturated carbocycles. The van der Waals surface area contributed by atoms with Gasteiger partial charge in [0.15, 0.2) is 0 Å². The summed E-state index contributed by atoms with van der Waals surface area (Å²) in [6.07, 6.45) is 2.27. The van der Waals surface area contributed by atoms with Crippen LogP contribution in [0.1, 0.15) is 29.5 Å². The number of tetrazole rings is 1. The number of benzene rings is 2. The van der Waals surface area contributed by atoms with E-state index in [0.29, 0.717) is 13.1 Å². The first-order valence-electron chi connectivity index (χ1n) is 10.1. The lowest BCUT2D eigenvalue weighted by Gasteiger charge is -2.35. The highest BCUT2D eigenvalue weighted by Gasteiger charge is 2.32. The van der Waals surface area contributed by atoms with Gasteiger partial charge >= 0.3 is 0 Å². The van der Waals surface area contributed by atoms with Crippen molar-refractivity contribution < 1.29 is 14.3 Å². The SMILES string of the molecule is N#Cc1c(F)ccc(C#CC2(O)CCN(C(=O)Cc3ccc(-n4cnnn4)cc3)CC2)c1Cl. The molecule has 1 saturated heterocycles. The number of piperidine rings is 1. The maximum Gasteiger partial charge on any atom is 0.226 e. The molecule has 2 heterocycles. The van der Waals surface area contributed by atoms with Crippen LogP contribution in [0.2, 0.25) is 5.02 Å². The number of aromatic nitrogens is 4. The van der Waals surface area contributed by atoms with Crippen LogP contribution in [-0.4, -0.2) is 54.8 Å². The van der Waals surface area contributed by atoms with Crippen molar-refractivity contribution in [3.8, 4) is 23.6 Å². The van der Waals surface area contributed by atoms with Crippen molar-refractivity contribution in [2.45, 2.75) is 24.9 Å². The minimum atomic E-state index is -1.30. The Morgan fingerprint density at radius 1 is 1.21 bits per heavy atom. The number of aliphatic hydroxyl groups is 1. The summed E-state index contributed by atoms with van der Waals surface area (Å²) >= 11 is 6.05. The summed E-state index contributed by atoms with van der Waals surface area (Å²) in [5.41, 5.74) is 0.348. The maximum absolute atomic E-state index is 13.6. The lowest BCUT2D eigenvalue weighted by Crippen LogP contribution is -2.46. The standard InChI is InChI=1S/C23H18ClFN6O2/c24-22-17(3-6-20(25)19(22)14-26)7-8-23(33)9-11-30(12-10-23)21(32)13-16-1-4-18(5-2-16)31-15-27-28-29-31/h1-6,15,33H,9-13H2. The molecule has 2 aromatic carbocycles. The van der Waals surface area contributed by atoms with Crippen LogP contribution in [0.15, 0.2) is 42.7 Å². The Balaban J connectivity index is 1.36. The van der Waals surface area contributed by atoms with Gasteiger partial charge in [0, 0.05) is 31.5 Å². The summed E-state index contributed by atoms with van der Waals surface area (Å²) in [6.45, 7) is 0.709. The van der Waals surface area contributed by atoms with Gasteiger partial charge in [0.2, 0.25) is 5.91 Å². The third kappa shape index (κ3) is 5.01. The highest BCUT2D eigenvalue weighted by molar-refractivity contribution is 6.32. The van der Waals surface area contributed by atoms with E-state index in [1.54, 1.807) is 11.0 Å². The molecule has 0 atom stereocenters. The van der Waals surface area contributed by atoms with Crippen molar-refractivity contribution in [3.63, 3.8) is 0 Å². The summed E-state index contributed by atoms with van der Waals surface area (Å²) in [7, 11) is 0. The van der Waals surface area contributed by atoms with E-state index in [0.717, 1.165) is 17.3 Å². The summed E-state index contributed by atoms with van der Waals surface area (Å²) in [5.74, 6) is 4.78. The Kier molecular flexibility index (Phi) is 6.36. The first-order valence-corrected chi connectivity index (χ1v) is 10.5. The quantitative estimate of drug-likeness (QED) is 0.596. The number of carbonyl (C=O) groups excluding carboxylic acids is 1. The van der Waals surface area contributed by atoms with Crippen LogP contribution in [0.5, 0.6) is 0 Å². The number of hydrogen-bond donors (Lipinski definition) is 1. The molecule has 1 aliphatic heterocycles. The van der Waals surface area contributed by atoms with Gasteiger partial charge in [0.1, 0.15) is 29.4 Å². The van der Waals surface area contributed by atoms with Crippen molar-refractivity contribution in [3.05, 3.63) is 70.3 Å². The Bertz CT molecular complexity index is 1270. The number of carbonyl (C=O) groups is 1. The summed E-state index contributed by atoms with van der Waals surface area (Å²) in [5, 5.41) is 30.8. The zero-order valence-corrected chi connectivity index (χ0v) is 18.1. The average Bonchev–Trinajstić information content (AvgIpc) is 3.35. The van der Waals surface area contributed by atoms with Crippen molar-refractivity contribution in [1.82, 2.24) is 25.1 Å². The van der Waals surface area contributed by atoms with E-state index in [1.807, 2.05) is 24.3 Å². The molecule has 33 heavy (non-hydrogen) atoms. The second-order valence-electron chi connectivity index (χ2n) is 7.66.